The van der Waals surface area contributed by atoms with E-state index in [4.69, 9.17) is 5.11 Å². The summed E-state index contributed by atoms with van der Waals surface area (Å²) >= 11 is 1.61. The molecule has 0 saturated carbocycles. The molecule has 0 bridgehead atoms. The Labute approximate surface area is 104 Å². The maximum atomic E-state index is 10.8. The smallest absolute Gasteiger partial charge is 0.305 e. The summed E-state index contributed by atoms with van der Waals surface area (Å²) in [6.45, 7) is 5.40. The van der Waals surface area contributed by atoms with Crippen molar-refractivity contribution >= 4 is 17.3 Å². The van der Waals surface area contributed by atoms with E-state index >= 15 is 0 Å². The topological polar surface area (TPSA) is 74.2 Å². The van der Waals surface area contributed by atoms with Crippen molar-refractivity contribution in [3.8, 4) is 0 Å². The van der Waals surface area contributed by atoms with E-state index in [9.17, 15) is 4.79 Å². The van der Waals surface area contributed by atoms with Crippen LogP contribution in [0.25, 0.3) is 0 Å². The van der Waals surface area contributed by atoms with E-state index in [1.165, 1.54) is 0 Å². The first-order chi connectivity index (χ1) is 8.01. The third-order valence-electron chi connectivity index (χ3n) is 2.95. The molecule has 1 atom stereocenters. The Morgan fingerprint density at radius 1 is 1.76 bits per heavy atom. The first-order valence-corrected chi connectivity index (χ1v) is 6.51. The van der Waals surface area contributed by atoms with Crippen molar-refractivity contribution in [2.45, 2.75) is 31.8 Å². The Balaban J connectivity index is 2.01. The van der Waals surface area contributed by atoms with Crippen LogP contribution in [0.15, 0.2) is 5.38 Å². The average Bonchev–Trinajstić information content (AvgIpc) is 2.60. The summed E-state index contributed by atoms with van der Waals surface area (Å²) in [6.07, 6.45) is 0.148. The highest BCUT2D eigenvalue weighted by Gasteiger charge is 2.40. The highest BCUT2D eigenvalue weighted by atomic mass is 32.1. The van der Waals surface area contributed by atoms with Gasteiger partial charge in [0.25, 0.3) is 0 Å². The molecule has 1 aromatic heterocycles. The van der Waals surface area contributed by atoms with Gasteiger partial charge >= 0.3 is 5.97 Å². The minimum atomic E-state index is -0.762. The van der Waals surface area contributed by atoms with Crippen molar-refractivity contribution in [1.82, 2.24) is 15.6 Å². The number of aromatic nitrogens is 1. The molecular formula is C11H17N3O2S. The number of carboxylic acids is 1. The van der Waals surface area contributed by atoms with Crippen molar-refractivity contribution in [3.05, 3.63) is 16.1 Å². The van der Waals surface area contributed by atoms with Crippen LogP contribution in [0, 0.1) is 6.92 Å². The van der Waals surface area contributed by atoms with Gasteiger partial charge in [-0.05, 0) is 13.8 Å². The van der Waals surface area contributed by atoms with Crippen LogP contribution in [0.5, 0.6) is 0 Å². The molecule has 1 fully saturated rings. The number of hydrogen-bond donors (Lipinski definition) is 3. The summed E-state index contributed by atoms with van der Waals surface area (Å²) in [7, 11) is 0. The molecule has 1 unspecified atom stereocenters. The largest absolute Gasteiger partial charge is 0.481 e. The monoisotopic (exact) mass is 255 g/mol. The first kappa shape index (κ1) is 12.5. The van der Waals surface area contributed by atoms with Crippen LogP contribution in [0.1, 0.15) is 30.1 Å². The molecule has 3 N–H and O–H groups in total. The molecule has 5 nitrogen and oxygen atoms in total. The minimum Gasteiger partial charge on any atom is -0.481 e. The van der Waals surface area contributed by atoms with Crippen LogP contribution in [-0.2, 0) is 4.79 Å². The van der Waals surface area contributed by atoms with Crippen molar-refractivity contribution in [3.63, 3.8) is 0 Å². The minimum absolute atomic E-state index is 0.0927. The Morgan fingerprint density at radius 3 is 2.88 bits per heavy atom. The summed E-state index contributed by atoms with van der Waals surface area (Å²) in [5, 5.41) is 18.5. The maximum absolute atomic E-state index is 10.8. The highest BCUT2D eigenvalue weighted by Crippen LogP contribution is 2.24. The van der Waals surface area contributed by atoms with Crippen LogP contribution in [0.3, 0.4) is 0 Å². The zero-order valence-corrected chi connectivity index (χ0v) is 10.8. The maximum Gasteiger partial charge on any atom is 0.305 e. The fourth-order valence-electron chi connectivity index (χ4n) is 2.09. The Bertz CT molecular complexity index is 415. The van der Waals surface area contributed by atoms with E-state index in [1.54, 1.807) is 11.3 Å². The van der Waals surface area contributed by atoms with Gasteiger partial charge in [0, 0.05) is 24.2 Å². The molecule has 2 rings (SSSR count). The SMILES string of the molecule is Cc1csc(C(C)NC2(CC(=O)O)CNC2)n1. The fraction of sp³-hybridized carbons (Fsp3) is 0.636. The van der Waals surface area contributed by atoms with Gasteiger partial charge in [0.15, 0.2) is 0 Å². The number of hydrogen-bond acceptors (Lipinski definition) is 5. The van der Waals surface area contributed by atoms with Gasteiger partial charge in [0.05, 0.1) is 18.0 Å². The lowest BCUT2D eigenvalue weighted by molar-refractivity contribution is -0.139. The second kappa shape index (κ2) is 4.72. The van der Waals surface area contributed by atoms with E-state index in [2.05, 4.69) is 15.6 Å². The van der Waals surface area contributed by atoms with Crippen LogP contribution in [0.2, 0.25) is 0 Å². The van der Waals surface area contributed by atoms with Gasteiger partial charge in [0.1, 0.15) is 5.01 Å². The average molecular weight is 255 g/mol. The summed E-state index contributed by atoms with van der Waals surface area (Å²) in [5.74, 6) is -0.762. The molecule has 2 heterocycles. The molecule has 0 amide bonds. The number of carboxylic acid groups (broad SMARTS) is 1. The van der Waals surface area contributed by atoms with Gasteiger partial charge in [-0.3, -0.25) is 10.1 Å². The number of nitrogens with zero attached hydrogens (tertiary/aromatic N) is 1. The number of rotatable bonds is 5. The first-order valence-electron chi connectivity index (χ1n) is 5.63. The summed E-state index contributed by atoms with van der Waals surface area (Å²) < 4.78 is 0. The van der Waals surface area contributed by atoms with Crippen LogP contribution >= 0.6 is 11.3 Å². The van der Waals surface area contributed by atoms with Gasteiger partial charge in [-0.2, -0.15) is 0 Å². The Morgan fingerprint density at radius 2 is 2.47 bits per heavy atom. The number of aliphatic carboxylic acids is 1. The van der Waals surface area contributed by atoms with Crippen LogP contribution in [-0.4, -0.2) is 34.7 Å². The lowest BCUT2D eigenvalue weighted by atomic mass is 9.88. The zero-order chi connectivity index (χ0) is 12.5. The second-order valence-corrected chi connectivity index (χ2v) is 5.54. The third-order valence-corrected chi connectivity index (χ3v) is 4.09. The zero-order valence-electron chi connectivity index (χ0n) is 9.99. The lowest BCUT2D eigenvalue weighted by Gasteiger charge is -2.44. The van der Waals surface area contributed by atoms with Gasteiger partial charge in [-0.15, -0.1) is 11.3 Å². The molecule has 1 aliphatic rings. The summed E-state index contributed by atoms with van der Waals surface area (Å²) in [4.78, 5) is 15.3. The third kappa shape index (κ3) is 2.83. The normalized spacial score (nSPS) is 19.6. The van der Waals surface area contributed by atoms with E-state index in [0.717, 1.165) is 10.7 Å². The quantitative estimate of drug-likeness (QED) is 0.729. The van der Waals surface area contributed by atoms with Gasteiger partial charge in [0.2, 0.25) is 0 Å². The van der Waals surface area contributed by atoms with E-state index in [1.807, 2.05) is 19.2 Å². The summed E-state index contributed by atoms with van der Waals surface area (Å²) in [5.41, 5.74) is 0.697. The molecule has 0 radical (unpaired) electrons. The molecule has 0 aromatic carbocycles. The van der Waals surface area contributed by atoms with Gasteiger partial charge in [-0.1, -0.05) is 0 Å². The number of aryl methyl sites for hydroxylation is 1. The van der Waals surface area contributed by atoms with Crippen LogP contribution < -0.4 is 10.6 Å². The molecule has 1 aliphatic heterocycles. The van der Waals surface area contributed by atoms with Gasteiger partial charge in [-0.25, -0.2) is 4.98 Å². The molecule has 17 heavy (non-hydrogen) atoms. The second-order valence-electron chi connectivity index (χ2n) is 4.65. The van der Waals surface area contributed by atoms with E-state index in [-0.39, 0.29) is 18.0 Å². The summed E-state index contributed by atoms with van der Waals surface area (Å²) in [6, 6.07) is 0.0927. The molecular weight excluding hydrogens is 238 g/mol. The molecule has 0 spiro atoms. The molecule has 1 saturated heterocycles. The van der Waals surface area contributed by atoms with Crippen LogP contribution in [0.4, 0.5) is 0 Å². The van der Waals surface area contributed by atoms with Crippen molar-refractivity contribution < 1.29 is 9.90 Å². The van der Waals surface area contributed by atoms with Gasteiger partial charge < -0.3 is 10.4 Å². The standard InChI is InChI=1S/C11H17N3O2S/c1-7-4-17-10(13-7)8(2)14-11(3-9(15)16)5-12-6-11/h4,8,12,14H,3,5-6H2,1-2H3,(H,15,16). The molecule has 94 valence electrons. The fourth-order valence-corrected chi connectivity index (χ4v) is 2.89. The van der Waals surface area contributed by atoms with E-state index < -0.39 is 5.97 Å². The predicted molar refractivity (Wildman–Crippen MR) is 66.3 cm³/mol. The predicted octanol–water partition coefficient (Wildman–Crippen LogP) is 0.919. The van der Waals surface area contributed by atoms with Crippen molar-refractivity contribution in [1.29, 1.82) is 0 Å². The number of nitrogens with one attached hydrogen (secondary N) is 2. The number of carbonyl (C=O) groups is 1. The highest BCUT2D eigenvalue weighted by molar-refractivity contribution is 7.09. The Kier molecular flexibility index (Phi) is 3.46. The van der Waals surface area contributed by atoms with E-state index in [0.29, 0.717) is 13.1 Å². The molecule has 1 aromatic rings. The Hall–Kier alpha value is -0.980. The number of thiazole rings is 1. The van der Waals surface area contributed by atoms with Crippen molar-refractivity contribution in [2.24, 2.45) is 0 Å². The molecule has 0 aliphatic carbocycles. The van der Waals surface area contributed by atoms with Crippen molar-refractivity contribution in [2.75, 3.05) is 13.1 Å². The molecule has 6 heteroatoms. The lowest BCUT2D eigenvalue weighted by Crippen LogP contribution is -2.68.